The highest BCUT2D eigenvalue weighted by molar-refractivity contribution is 8.05. The second kappa shape index (κ2) is 13.1. The Labute approximate surface area is 345 Å². The molecule has 0 amide bonds. The van der Waals surface area contributed by atoms with Crippen LogP contribution in [0.3, 0.4) is 0 Å². The van der Waals surface area contributed by atoms with E-state index in [1.165, 1.54) is 62.2 Å². The Morgan fingerprint density at radius 1 is 0.724 bits per heavy atom. The van der Waals surface area contributed by atoms with E-state index in [1.807, 2.05) is 0 Å². The van der Waals surface area contributed by atoms with E-state index >= 15 is 0 Å². The minimum absolute atomic E-state index is 0.00677. The van der Waals surface area contributed by atoms with Crippen molar-refractivity contribution in [3.8, 4) is 16.9 Å². The molecule has 1 N–H and O–H groups in total. The van der Waals surface area contributed by atoms with Crippen molar-refractivity contribution in [3.63, 3.8) is 0 Å². The van der Waals surface area contributed by atoms with Crippen molar-refractivity contribution in [3.05, 3.63) is 230 Å². The maximum Gasteiger partial charge on any atom is 0.145 e. The molecule has 1 spiro atoms. The SMILES string of the molecule is CC12CC(C3=CC(c4ccccc4)=NC(c4ccccc4C4CC=CC5=C4Oc4ccccc4C54c5ccccc5-c5ccccc54)N3)CC=C1C1=C(CCC=C1)S2. The minimum atomic E-state index is -0.481. The number of hydrogen-bond donors (Lipinski definition) is 1. The molecule has 58 heavy (non-hydrogen) atoms. The second-order valence-electron chi connectivity index (χ2n) is 16.9. The van der Waals surface area contributed by atoms with Crippen molar-refractivity contribution in [1.29, 1.82) is 0 Å². The molecule has 5 aromatic carbocycles. The molecular formula is C54H44N2OS. The lowest BCUT2D eigenvalue weighted by Gasteiger charge is -2.43. The molecule has 0 bridgehead atoms. The second-order valence-corrected chi connectivity index (χ2v) is 18.5. The summed E-state index contributed by atoms with van der Waals surface area (Å²) in [5.74, 6) is 2.35. The maximum absolute atomic E-state index is 7.20. The smallest absolute Gasteiger partial charge is 0.145 e. The van der Waals surface area contributed by atoms with Crippen molar-refractivity contribution in [2.24, 2.45) is 10.9 Å². The number of ether oxygens (including phenoxy) is 1. The zero-order chi connectivity index (χ0) is 38.4. The van der Waals surface area contributed by atoms with E-state index < -0.39 is 5.41 Å². The van der Waals surface area contributed by atoms with E-state index in [0.29, 0.717) is 5.92 Å². The van der Waals surface area contributed by atoms with Crippen LogP contribution in [0.2, 0.25) is 0 Å². The molecule has 4 unspecified atom stereocenters. The highest BCUT2D eigenvalue weighted by Gasteiger charge is 2.53. The lowest BCUT2D eigenvalue weighted by Crippen LogP contribution is -2.37. The number of fused-ring (bicyclic) bond motifs is 10. The zero-order valence-electron chi connectivity index (χ0n) is 32.6. The third-order valence-corrected chi connectivity index (χ3v) is 15.2. The van der Waals surface area contributed by atoms with Crippen LogP contribution in [0.5, 0.6) is 5.75 Å². The van der Waals surface area contributed by atoms with Gasteiger partial charge in [0.05, 0.1) is 11.1 Å². The van der Waals surface area contributed by atoms with Crippen LogP contribution in [0, 0.1) is 5.92 Å². The molecule has 0 radical (unpaired) electrons. The van der Waals surface area contributed by atoms with Crippen LogP contribution >= 0.6 is 11.8 Å². The monoisotopic (exact) mass is 768 g/mol. The molecule has 0 aromatic heterocycles. The molecule has 3 aliphatic heterocycles. The van der Waals surface area contributed by atoms with Crippen molar-refractivity contribution in [2.75, 3.05) is 0 Å². The van der Waals surface area contributed by atoms with E-state index in [9.17, 15) is 0 Å². The number of thioether (sulfide) groups is 1. The third kappa shape index (κ3) is 4.97. The Kier molecular flexibility index (Phi) is 7.72. The van der Waals surface area contributed by atoms with E-state index in [2.05, 4.69) is 188 Å². The quantitative estimate of drug-likeness (QED) is 0.198. The molecule has 12 rings (SSSR count). The van der Waals surface area contributed by atoms with Crippen molar-refractivity contribution < 1.29 is 4.74 Å². The molecular weight excluding hydrogens is 725 g/mol. The summed E-state index contributed by atoms with van der Waals surface area (Å²) in [4.78, 5) is 7.13. The molecule has 5 aromatic rings. The Morgan fingerprint density at radius 3 is 2.24 bits per heavy atom. The summed E-state index contributed by atoms with van der Waals surface area (Å²) >= 11 is 2.12. The van der Waals surface area contributed by atoms with Crippen molar-refractivity contribution in [2.45, 2.75) is 61.3 Å². The average molecular weight is 769 g/mol. The summed E-state index contributed by atoms with van der Waals surface area (Å²) in [6.07, 6.45) is 19.4. The first kappa shape index (κ1) is 34.2. The minimum Gasteiger partial charge on any atom is -0.460 e. The van der Waals surface area contributed by atoms with E-state index in [0.717, 1.165) is 48.5 Å². The number of nitrogens with zero attached hydrogens (tertiary/aromatic N) is 1. The predicted molar refractivity (Wildman–Crippen MR) is 238 cm³/mol. The molecule has 4 aliphatic carbocycles. The van der Waals surface area contributed by atoms with Crippen LogP contribution in [0.4, 0.5) is 0 Å². The number of para-hydroxylation sites is 1. The molecule has 7 aliphatic rings. The fourth-order valence-electron chi connectivity index (χ4n) is 11.3. The first-order valence-electron chi connectivity index (χ1n) is 21.0. The van der Waals surface area contributed by atoms with Gasteiger partial charge in [0.25, 0.3) is 0 Å². The van der Waals surface area contributed by atoms with Crippen LogP contribution in [-0.2, 0) is 5.41 Å². The van der Waals surface area contributed by atoms with Gasteiger partial charge in [-0.15, -0.1) is 11.8 Å². The summed E-state index contributed by atoms with van der Waals surface area (Å²) in [7, 11) is 0. The number of nitrogens with one attached hydrogen (secondary N) is 1. The normalized spacial score (nSPS) is 25.6. The van der Waals surface area contributed by atoms with Gasteiger partial charge in [0.2, 0.25) is 0 Å². The fourth-order valence-corrected chi connectivity index (χ4v) is 12.9. The van der Waals surface area contributed by atoms with Crippen LogP contribution in [0.1, 0.15) is 84.5 Å². The van der Waals surface area contributed by atoms with Crippen LogP contribution in [0.15, 0.2) is 202 Å². The van der Waals surface area contributed by atoms with Crippen molar-refractivity contribution in [1.82, 2.24) is 5.32 Å². The summed E-state index contributed by atoms with van der Waals surface area (Å²) in [5.41, 5.74) is 16.2. The highest BCUT2D eigenvalue weighted by Crippen LogP contribution is 2.63. The van der Waals surface area contributed by atoms with Gasteiger partial charge in [0, 0.05) is 39.0 Å². The molecule has 282 valence electrons. The predicted octanol–water partition coefficient (Wildman–Crippen LogP) is 12.8. The Bertz CT molecular complexity index is 2730. The number of allylic oxidation sites excluding steroid dienone is 11. The van der Waals surface area contributed by atoms with Gasteiger partial charge in [-0.25, -0.2) is 0 Å². The highest BCUT2D eigenvalue weighted by atomic mass is 32.2. The van der Waals surface area contributed by atoms with Gasteiger partial charge in [-0.05, 0) is 101 Å². The largest absolute Gasteiger partial charge is 0.460 e. The Balaban J connectivity index is 0.975. The molecule has 0 fully saturated rings. The van der Waals surface area contributed by atoms with Crippen LogP contribution in [0.25, 0.3) is 11.1 Å². The number of benzene rings is 5. The van der Waals surface area contributed by atoms with Gasteiger partial charge >= 0.3 is 0 Å². The van der Waals surface area contributed by atoms with Gasteiger partial charge in [0.15, 0.2) is 0 Å². The molecule has 3 heterocycles. The summed E-state index contributed by atoms with van der Waals surface area (Å²) in [5, 5.41) is 4.07. The van der Waals surface area contributed by atoms with Gasteiger partial charge in [-0.3, -0.25) is 4.99 Å². The topological polar surface area (TPSA) is 33.6 Å². The lowest BCUT2D eigenvalue weighted by molar-refractivity contribution is 0.343. The van der Waals surface area contributed by atoms with Gasteiger partial charge in [-0.2, -0.15) is 0 Å². The van der Waals surface area contributed by atoms with E-state index in [4.69, 9.17) is 9.73 Å². The summed E-state index contributed by atoms with van der Waals surface area (Å²) in [6, 6.07) is 46.5. The molecule has 4 heteroatoms. The molecule has 3 nitrogen and oxygen atoms in total. The standard InChI is InChI=1S/C54H44N2OS/c1-53-33-35(30-31-42(53)41-22-9-14-29-50(41)58-53)48-32-47(34-16-3-2-4-17-34)55-52(56-48)40-21-6-5-18-36(40)39-23-15-27-46-51(39)57-49-28-13-12-26-45(49)54(46)43-24-10-7-19-37(43)38-20-8-11-25-44(38)54/h2-13,15-22,24-28,31-32,35,39,52,56H,14,23,29-30,33H2,1H3. The van der Waals surface area contributed by atoms with Crippen molar-refractivity contribution >= 4 is 17.5 Å². The van der Waals surface area contributed by atoms with E-state index in [-0.39, 0.29) is 16.8 Å². The first-order valence-corrected chi connectivity index (χ1v) is 21.8. The number of hydrogen-bond acceptors (Lipinski definition) is 4. The Hall–Kier alpha value is -5.84. The zero-order valence-corrected chi connectivity index (χ0v) is 33.4. The Morgan fingerprint density at radius 2 is 1.43 bits per heavy atom. The number of aliphatic imine (C=N–C) groups is 1. The van der Waals surface area contributed by atoms with E-state index in [1.54, 1.807) is 10.5 Å². The fraction of sp³-hybridized carbons (Fsp3) is 0.204. The lowest BCUT2D eigenvalue weighted by atomic mass is 9.63. The average Bonchev–Trinajstić information content (AvgIpc) is 3.75. The summed E-state index contributed by atoms with van der Waals surface area (Å²) < 4.78 is 7.29. The van der Waals surface area contributed by atoms with Gasteiger partial charge < -0.3 is 10.1 Å². The van der Waals surface area contributed by atoms with Crippen LogP contribution in [-0.4, -0.2) is 10.5 Å². The van der Waals surface area contributed by atoms with Gasteiger partial charge in [0.1, 0.15) is 17.7 Å². The van der Waals surface area contributed by atoms with Gasteiger partial charge in [-0.1, -0.05) is 152 Å². The molecule has 0 saturated carbocycles. The number of rotatable bonds is 4. The molecule has 4 atom stereocenters. The molecule has 0 saturated heterocycles. The summed E-state index contributed by atoms with van der Waals surface area (Å²) in [6.45, 7) is 2.47. The van der Waals surface area contributed by atoms with Crippen LogP contribution < -0.4 is 10.1 Å². The first-order chi connectivity index (χ1) is 28.6. The third-order valence-electron chi connectivity index (χ3n) is 13.7. The maximum atomic E-state index is 7.20.